The molecule has 0 fully saturated rings. The monoisotopic (exact) mass is 390 g/mol. The van der Waals surface area contributed by atoms with E-state index in [2.05, 4.69) is 0 Å². The molecule has 2 aromatic rings. The molecule has 0 aromatic heterocycles. The highest BCUT2D eigenvalue weighted by atomic mass is 32.2. The lowest BCUT2D eigenvalue weighted by Gasteiger charge is -2.21. The van der Waals surface area contributed by atoms with E-state index >= 15 is 0 Å². The number of hydrogen-bond acceptors (Lipinski definition) is 6. The average molecular weight is 390 g/mol. The maximum Gasteiger partial charge on any atom is 0.295 e. The first-order valence-corrected chi connectivity index (χ1v) is 10.7. The first-order chi connectivity index (χ1) is 10.9. The molecule has 0 bridgehead atoms. The van der Waals surface area contributed by atoms with Crippen molar-refractivity contribution in [1.29, 1.82) is 0 Å². The Morgan fingerprint density at radius 2 is 1.54 bits per heavy atom. The van der Waals surface area contributed by atoms with E-state index in [-0.39, 0.29) is 17.5 Å². The lowest BCUT2D eigenvalue weighted by atomic mass is 10.0. The number of sulfone groups is 1. The second-order valence-corrected chi connectivity index (χ2v) is 9.81. The van der Waals surface area contributed by atoms with Crippen LogP contribution in [0.1, 0.15) is 11.1 Å². The molecule has 1 heterocycles. The van der Waals surface area contributed by atoms with Crippen LogP contribution in [0.2, 0.25) is 0 Å². The molecular formula is C13H10O8S3. The lowest BCUT2D eigenvalue weighted by molar-refractivity contribution is 0.477. The summed E-state index contributed by atoms with van der Waals surface area (Å²) in [7, 11) is -13.9. The van der Waals surface area contributed by atoms with Crippen LogP contribution < -0.4 is 0 Å². The molecule has 0 unspecified atom stereocenters. The molecule has 0 atom stereocenters. The van der Waals surface area contributed by atoms with Gasteiger partial charge in [-0.25, -0.2) is 8.42 Å². The Hall–Kier alpha value is -1.79. The van der Waals surface area contributed by atoms with Gasteiger partial charge in [0.05, 0.1) is 14.7 Å². The molecule has 1 aliphatic heterocycles. The highest BCUT2D eigenvalue weighted by Crippen LogP contribution is 2.38. The molecule has 11 heteroatoms. The van der Waals surface area contributed by atoms with Gasteiger partial charge in [-0.2, -0.15) is 16.8 Å². The first kappa shape index (κ1) is 17.0. The second kappa shape index (κ2) is 5.10. The van der Waals surface area contributed by atoms with Crippen LogP contribution in [0.3, 0.4) is 0 Å². The largest absolute Gasteiger partial charge is 0.295 e. The van der Waals surface area contributed by atoms with Gasteiger partial charge in [0, 0.05) is 6.42 Å². The third kappa shape index (κ3) is 2.63. The fourth-order valence-corrected chi connectivity index (χ4v) is 6.26. The van der Waals surface area contributed by atoms with Gasteiger partial charge in [0.2, 0.25) is 9.84 Å². The predicted octanol–water partition coefficient (Wildman–Crippen LogP) is 0.917. The van der Waals surface area contributed by atoms with Gasteiger partial charge in [0.15, 0.2) is 0 Å². The zero-order valence-electron chi connectivity index (χ0n) is 11.7. The lowest BCUT2D eigenvalue weighted by Crippen LogP contribution is -2.19. The van der Waals surface area contributed by atoms with Crippen molar-refractivity contribution in [1.82, 2.24) is 0 Å². The zero-order chi connectivity index (χ0) is 17.9. The van der Waals surface area contributed by atoms with Gasteiger partial charge in [-0.3, -0.25) is 9.11 Å². The SMILES string of the molecule is O=S(=O)(O)c1ccc2c(c1)S(=O)(=O)c1c(cccc1S(=O)(=O)O)C2. The Balaban J connectivity index is 2.39. The Kier molecular flexibility index (Phi) is 3.62. The molecule has 0 aliphatic carbocycles. The molecule has 0 radical (unpaired) electrons. The van der Waals surface area contributed by atoms with Crippen molar-refractivity contribution in [2.45, 2.75) is 26.0 Å². The molecule has 0 saturated carbocycles. The minimum absolute atomic E-state index is 0.0268. The third-order valence-electron chi connectivity index (χ3n) is 3.61. The van der Waals surface area contributed by atoms with E-state index in [0.717, 1.165) is 18.2 Å². The van der Waals surface area contributed by atoms with Crippen molar-refractivity contribution >= 4 is 30.1 Å². The predicted molar refractivity (Wildman–Crippen MR) is 80.8 cm³/mol. The van der Waals surface area contributed by atoms with Crippen LogP contribution in [0.5, 0.6) is 0 Å². The molecule has 8 nitrogen and oxygen atoms in total. The van der Waals surface area contributed by atoms with Crippen LogP contribution in [-0.2, 0) is 36.5 Å². The summed E-state index contributed by atoms with van der Waals surface area (Å²) in [5.74, 6) is 0. The Bertz CT molecular complexity index is 1180. The molecule has 2 N–H and O–H groups in total. The molecule has 128 valence electrons. The number of fused-ring (bicyclic) bond motifs is 2. The van der Waals surface area contributed by atoms with E-state index in [1.165, 1.54) is 18.2 Å². The Labute approximate surface area is 138 Å². The fraction of sp³-hybridized carbons (Fsp3) is 0.0769. The van der Waals surface area contributed by atoms with Gasteiger partial charge in [0.1, 0.15) is 4.90 Å². The van der Waals surface area contributed by atoms with Crippen molar-refractivity contribution in [3.05, 3.63) is 47.5 Å². The van der Waals surface area contributed by atoms with Crippen LogP contribution >= 0.6 is 0 Å². The van der Waals surface area contributed by atoms with Gasteiger partial charge in [-0.15, -0.1) is 0 Å². The summed E-state index contributed by atoms with van der Waals surface area (Å²) in [6.45, 7) is 0. The molecule has 2 aromatic carbocycles. The third-order valence-corrected chi connectivity index (χ3v) is 7.47. The van der Waals surface area contributed by atoms with Crippen molar-refractivity contribution in [3.8, 4) is 0 Å². The Morgan fingerprint density at radius 1 is 0.875 bits per heavy atom. The van der Waals surface area contributed by atoms with Crippen molar-refractivity contribution in [3.63, 3.8) is 0 Å². The molecule has 24 heavy (non-hydrogen) atoms. The van der Waals surface area contributed by atoms with Gasteiger partial charge in [0.25, 0.3) is 20.2 Å². The zero-order valence-corrected chi connectivity index (χ0v) is 14.2. The second-order valence-electron chi connectivity index (χ2n) is 5.14. The van der Waals surface area contributed by atoms with Gasteiger partial charge in [-0.1, -0.05) is 18.2 Å². The summed E-state index contributed by atoms with van der Waals surface area (Å²) in [5, 5.41) is 0. The average Bonchev–Trinajstić information content (AvgIpc) is 2.44. The normalized spacial score (nSPS) is 16.2. The summed E-state index contributed by atoms with van der Waals surface area (Å²) in [6, 6.07) is 6.71. The number of rotatable bonds is 2. The van der Waals surface area contributed by atoms with Gasteiger partial charge in [-0.05, 0) is 29.3 Å². The molecule has 0 amide bonds. The van der Waals surface area contributed by atoms with Gasteiger partial charge < -0.3 is 0 Å². The van der Waals surface area contributed by atoms with Crippen LogP contribution in [0.25, 0.3) is 0 Å². The molecule has 3 rings (SSSR count). The van der Waals surface area contributed by atoms with E-state index in [1.54, 1.807) is 0 Å². The molecule has 1 aliphatic rings. The van der Waals surface area contributed by atoms with Gasteiger partial charge >= 0.3 is 0 Å². The summed E-state index contributed by atoms with van der Waals surface area (Å²) >= 11 is 0. The van der Waals surface area contributed by atoms with E-state index in [4.69, 9.17) is 4.55 Å². The summed E-state index contributed by atoms with van der Waals surface area (Å²) in [5.41, 5.74) is 0.416. The van der Waals surface area contributed by atoms with E-state index in [9.17, 15) is 29.8 Å². The number of hydrogen-bond donors (Lipinski definition) is 2. The Morgan fingerprint density at radius 3 is 2.12 bits per heavy atom. The summed E-state index contributed by atoms with van der Waals surface area (Å²) in [6.07, 6.45) is 0.0268. The smallest absolute Gasteiger partial charge is 0.282 e. The van der Waals surface area contributed by atoms with E-state index in [0.29, 0.717) is 0 Å². The minimum Gasteiger partial charge on any atom is -0.282 e. The minimum atomic E-state index is -4.80. The van der Waals surface area contributed by atoms with Crippen molar-refractivity contribution < 1.29 is 34.4 Å². The summed E-state index contributed by atoms with van der Waals surface area (Å²) in [4.78, 5) is -2.42. The summed E-state index contributed by atoms with van der Waals surface area (Å²) < 4.78 is 89.4. The first-order valence-electron chi connectivity index (χ1n) is 6.37. The van der Waals surface area contributed by atoms with Crippen LogP contribution in [-0.4, -0.2) is 34.4 Å². The van der Waals surface area contributed by atoms with E-state index in [1.807, 2.05) is 0 Å². The van der Waals surface area contributed by atoms with E-state index < -0.39 is 49.7 Å². The maximum atomic E-state index is 12.8. The van der Waals surface area contributed by atoms with Crippen molar-refractivity contribution in [2.24, 2.45) is 0 Å². The highest BCUT2D eigenvalue weighted by molar-refractivity contribution is 7.93. The number of benzene rings is 2. The molecule has 0 spiro atoms. The molecule has 0 saturated heterocycles. The van der Waals surface area contributed by atoms with Crippen LogP contribution in [0.15, 0.2) is 56.0 Å². The van der Waals surface area contributed by atoms with Crippen LogP contribution in [0, 0.1) is 0 Å². The van der Waals surface area contributed by atoms with Crippen LogP contribution in [0.4, 0.5) is 0 Å². The maximum absolute atomic E-state index is 12.8. The quantitative estimate of drug-likeness (QED) is 0.615. The topological polar surface area (TPSA) is 143 Å². The highest BCUT2D eigenvalue weighted by Gasteiger charge is 2.35. The van der Waals surface area contributed by atoms with Crippen molar-refractivity contribution in [2.75, 3.05) is 0 Å². The standard InChI is InChI=1S/C13H10O8S3/c14-22(15)12-7-10(23(16,17)18)5-4-8(12)6-9-2-1-3-11(13(9)22)24(19,20)21/h1-5,7H,6H2,(H,16,17,18)(H,19,20,21). The fourth-order valence-electron chi connectivity index (χ4n) is 2.62. The molecular weight excluding hydrogens is 380 g/mol.